The van der Waals surface area contributed by atoms with E-state index in [-0.39, 0.29) is 22.0 Å². The number of nitrogen functional groups attached to an aromatic ring is 1. The molecule has 2 aromatic heterocycles. The highest BCUT2D eigenvalue weighted by molar-refractivity contribution is 7.90. The Bertz CT molecular complexity index is 1420. The standard InChI is InChI=1S/C23H19N3O4S/c1-31(29,30)17-10-11-20(19(24)14-17)25-23(28)22(27)21-18(15-7-3-2-4-8-15)13-16-9-5-6-12-26(16)21/h2-14H,24H2,1H3,(H,25,28). The summed E-state index contributed by atoms with van der Waals surface area (Å²) in [6, 6.07) is 20.6. The molecule has 0 aliphatic rings. The number of rotatable bonds is 5. The number of hydrogen-bond acceptors (Lipinski definition) is 5. The number of nitrogens with zero attached hydrogens (tertiary/aromatic N) is 1. The van der Waals surface area contributed by atoms with Crippen LogP contribution in [0.3, 0.4) is 0 Å². The topological polar surface area (TPSA) is 111 Å². The number of benzene rings is 2. The summed E-state index contributed by atoms with van der Waals surface area (Å²) in [7, 11) is -3.45. The van der Waals surface area contributed by atoms with Crippen LogP contribution in [-0.4, -0.2) is 30.8 Å². The molecule has 0 fully saturated rings. The summed E-state index contributed by atoms with van der Waals surface area (Å²) in [5.74, 6) is -1.61. The molecule has 4 rings (SSSR count). The Hall–Kier alpha value is -3.91. The second-order valence-corrected chi connectivity index (χ2v) is 9.09. The fourth-order valence-corrected chi connectivity index (χ4v) is 4.02. The first-order valence-corrected chi connectivity index (χ1v) is 11.3. The Morgan fingerprint density at radius 2 is 1.65 bits per heavy atom. The summed E-state index contributed by atoms with van der Waals surface area (Å²) in [5, 5.41) is 2.50. The van der Waals surface area contributed by atoms with Crippen LogP contribution in [0.15, 0.2) is 83.9 Å². The number of aromatic nitrogens is 1. The molecule has 7 nitrogen and oxygen atoms in total. The number of nitrogens with one attached hydrogen (secondary N) is 1. The molecule has 0 bridgehead atoms. The molecule has 8 heteroatoms. The van der Waals surface area contributed by atoms with Crippen LogP contribution in [-0.2, 0) is 14.6 Å². The molecule has 0 radical (unpaired) electrons. The second-order valence-electron chi connectivity index (χ2n) is 7.07. The van der Waals surface area contributed by atoms with E-state index in [1.807, 2.05) is 48.5 Å². The van der Waals surface area contributed by atoms with Crippen molar-refractivity contribution >= 4 is 38.4 Å². The van der Waals surface area contributed by atoms with E-state index in [2.05, 4.69) is 5.32 Å². The lowest BCUT2D eigenvalue weighted by Crippen LogP contribution is -2.25. The van der Waals surface area contributed by atoms with Crippen molar-refractivity contribution in [3.05, 3.63) is 84.7 Å². The van der Waals surface area contributed by atoms with Gasteiger partial charge in [0.1, 0.15) is 5.69 Å². The SMILES string of the molecule is CS(=O)(=O)c1ccc(NC(=O)C(=O)c2c(-c3ccccc3)cc3ccccn23)c(N)c1. The lowest BCUT2D eigenvalue weighted by molar-refractivity contribution is -0.112. The molecule has 4 aromatic rings. The maximum Gasteiger partial charge on any atom is 0.298 e. The van der Waals surface area contributed by atoms with Crippen LogP contribution in [0.25, 0.3) is 16.6 Å². The normalized spacial score (nSPS) is 11.4. The third-order valence-electron chi connectivity index (χ3n) is 4.89. The van der Waals surface area contributed by atoms with Crippen molar-refractivity contribution in [3.63, 3.8) is 0 Å². The number of carbonyl (C=O) groups excluding carboxylic acids is 2. The largest absolute Gasteiger partial charge is 0.397 e. The number of fused-ring (bicyclic) bond motifs is 1. The zero-order chi connectivity index (χ0) is 22.2. The number of sulfone groups is 1. The van der Waals surface area contributed by atoms with Crippen molar-refractivity contribution in [2.45, 2.75) is 4.90 Å². The molecule has 156 valence electrons. The molecular weight excluding hydrogens is 414 g/mol. The van der Waals surface area contributed by atoms with E-state index in [0.29, 0.717) is 5.56 Å². The predicted molar refractivity (Wildman–Crippen MR) is 120 cm³/mol. The van der Waals surface area contributed by atoms with Gasteiger partial charge in [0, 0.05) is 23.5 Å². The van der Waals surface area contributed by atoms with Crippen molar-refractivity contribution in [3.8, 4) is 11.1 Å². The van der Waals surface area contributed by atoms with E-state index >= 15 is 0 Å². The van der Waals surface area contributed by atoms with Crippen LogP contribution in [0.4, 0.5) is 11.4 Å². The number of amides is 1. The van der Waals surface area contributed by atoms with Gasteiger partial charge in [-0.2, -0.15) is 0 Å². The fourth-order valence-electron chi connectivity index (χ4n) is 3.36. The van der Waals surface area contributed by atoms with Crippen LogP contribution < -0.4 is 11.1 Å². The van der Waals surface area contributed by atoms with E-state index in [4.69, 9.17) is 5.73 Å². The summed E-state index contributed by atoms with van der Waals surface area (Å²) >= 11 is 0. The molecule has 2 aromatic carbocycles. The Kier molecular flexibility index (Phi) is 5.08. The first-order valence-electron chi connectivity index (χ1n) is 9.36. The molecule has 3 N–H and O–H groups in total. The summed E-state index contributed by atoms with van der Waals surface area (Å²) < 4.78 is 25.0. The summed E-state index contributed by atoms with van der Waals surface area (Å²) in [4.78, 5) is 26.0. The average Bonchev–Trinajstić information content (AvgIpc) is 3.14. The van der Waals surface area contributed by atoms with Gasteiger partial charge in [-0.1, -0.05) is 36.4 Å². The van der Waals surface area contributed by atoms with Gasteiger partial charge < -0.3 is 15.5 Å². The van der Waals surface area contributed by atoms with Gasteiger partial charge in [-0.05, 0) is 42.0 Å². The quantitative estimate of drug-likeness (QED) is 0.285. The third kappa shape index (κ3) is 3.93. The second kappa shape index (κ2) is 7.73. The zero-order valence-electron chi connectivity index (χ0n) is 16.6. The molecule has 31 heavy (non-hydrogen) atoms. The van der Waals surface area contributed by atoms with E-state index < -0.39 is 21.5 Å². The number of carbonyl (C=O) groups is 2. The van der Waals surface area contributed by atoms with Gasteiger partial charge in [0.05, 0.1) is 16.3 Å². The highest BCUT2D eigenvalue weighted by Crippen LogP contribution is 2.29. The highest BCUT2D eigenvalue weighted by Gasteiger charge is 2.25. The first-order chi connectivity index (χ1) is 14.8. The molecule has 0 spiro atoms. The number of ketones is 1. The van der Waals surface area contributed by atoms with Crippen LogP contribution in [0.5, 0.6) is 0 Å². The average molecular weight is 433 g/mol. The lowest BCUT2D eigenvalue weighted by Gasteiger charge is -2.10. The Labute approximate surface area is 179 Å². The number of nitrogens with two attached hydrogens (primary N) is 1. The molecule has 2 heterocycles. The van der Waals surface area contributed by atoms with Gasteiger partial charge in [-0.25, -0.2) is 8.42 Å². The fraction of sp³-hybridized carbons (Fsp3) is 0.0435. The smallest absolute Gasteiger partial charge is 0.298 e. The first kappa shape index (κ1) is 20.4. The molecule has 0 atom stereocenters. The van der Waals surface area contributed by atoms with Crippen molar-refractivity contribution in [2.24, 2.45) is 0 Å². The van der Waals surface area contributed by atoms with E-state index in [1.165, 1.54) is 18.2 Å². The molecule has 0 unspecified atom stereocenters. The minimum Gasteiger partial charge on any atom is -0.397 e. The van der Waals surface area contributed by atoms with E-state index in [9.17, 15) is 18.0 Å². The molecule has 0 saturated heterocycles. The molecule has 1 amide bonds. The highest BCUT2D eigenvalue weighted by atomic mass is 32.2. The molecule has 0 aliphatic heterocycles. The van der Waals surface area contributed by atoms with Gasteiger partial charge in [-0.15, -0.1) is 0 Å². The van der Waals surface area contributed by atoms with Crippen LogP contribution in [0.1, 0.15) is 10.5 Å². The minimum atomic E-state index is -3.45. The van der Waals surface area contributed by atoms with Gasteiger partial charge >= 0.3 is 0 Å². The lowest BCUT2D eigenvalue weighted by atomic mass is 10.0. The Morgan fingerprint density at radius 3 is 2.32 bits per heavy atom. The van der Waals surface area contributed by atoms with Crippen molar-refractivity contribution in [1.29, 1.82) is 0 Å². The third-order valence-corrected chi connectivity index (χ3v) is 6.00. The summed E-state index contributed by atoms with van der Waals surface area (Å²) in [6.45, 7) is 0. The molecular formula is C23H19N3O4S. The Morgan fingerprint density at radius 1 is 0.935 bits per heavy atom. The Balaban J connectivity index is 1.73. The van der Waals surface area contributed by atoms with Crippen molar-refractivity contribution in [2.75, 3.05) is 17.3 Å². The number of pyridine rings is 1. The predicted octanol–water partition coefficient (Wildman–Crippen LogP) is 3.41. The van der Waals surface area contributed by atoms with Gasteiger partial charge in [0.15, 0.2) is 9.84 Å². The maximum absolute atomic E-state index is 13.2. The molecule has 0 saturated carbocycles. The summed E-state index contributed by atoms with van der Waals surface area (Å²) in [5.41, 5.74) is 8.55. The van der Waals surface area contributed by atoms with Crippen LogP contribution in [0.2, 0.25) is 0 Å². The monoisotopic (exact) mass is 433 g/mol. The number of Topliss-reactive ketones (excluding diaryl/α,β-unsaturated/α-hetero) is 1. The van der Waals surface area contributed by atoms with E-state index in [1.54, 1.807) is 16.7 Å². The zero-order valence-corrected chi connectivity index (χ0v) is 17.4. The van der Waals surface area contributed by atoms with Gasteiger partial charge in [0.25, 0.3) is 11.7 Å². The number of anilines is 2. The van der Waals surface area contributed by atoms with Crippen LogP contribution in [0, 0.1) is 0 Å². The number of hydrogen-bond donors (Lipinski definition) is 2. The minimum absolute atomic E-state index is 0.0262. The van der Waals surface area contributed by atoms with Crippen LogP contribution >= 0.6 is 0 Å². The van der Waals surface area contributed by atoms with Crippen molar-refractivity contribution < 1.29 is 18.0 Å². The van der Waals surface area contributed by atoms with Gasteiger partial charge in [0.2, 0.25) is 0 Å². The van der Waals surface area contributed by atoms with Gasteiger partial charge in [-0.3, -0.25) is 9.59 Å². The maximum atomic E-state index is 13.2. The van der Waals surface area contributed by atoms with E-state index in [0.717, 1.165) is 17.3 Å². The summed E-state index contributed by atoms with van der Waals surface area (Å²) in [6.07, 6.45) is 2.78. The van der Waals surface area contributed by atoms with Crippen molar-refractivity contribution in [1.82, 2.24) is 4.40 Å². The molecule has 0 aliphatic carbocycles.